The lowest BCUT2D eigenvalue weighted by Crippen LogP contribution is -2.36. The summed E-state index contributed by atoms with van der Waals surface area (Å²) >= 11 is 0. The van der Waals surface area contributed by atoms with Gasteiger partial charge in [-0.1, -0.05) is 6.07 Å². The highest BCUT2D eigenvalue weighted by atomic mass is 16.3. The summed E-state index contributed by atoms with van der Waals surface area (Å²) < 4.78 is 0. The number of fused-ring (bicyclic) bond motifs is 1. The van der Waals surface area contributed by atoms with Gasteiger partial charge in [-0.3, -0.25) is 9.69 Å². The van der Waals surface area contributed by atoms with E-state index in [1.54, 1.807) is 13.0 Å². The van der Waals surface area contributed by atoms with Crippen molar-refractivity contribution in [3.8, 4) is 5.75 Å². The number of benzene rings is 1. The minimum absolute atomic E-state index is 0.179. The van der Waals surface area contributed by atoms with E-state index < -0.39 is 0 Å². The Morgan fingerprint density at radius 3 is 2.86 bits per heavy atom. The Morgan fingerprint density at radius 2 is 2.05 bits per heavy atom. The van der Waals surface area contributed by atoms with Crippen molar-refractivity contribution in [1.29, 1.82) is 0 Å². The molecular formula is C17H24N2O2. The van der Waals surface area contributed by atoms with Crippen LogP contribution in [0.4, 0.5) is 0 Å². The summed E-state index contributed by atoms with van der Waals surface area (Å²) in [5.74, 6) is 0.541. The lowest BCUT2D eigenvalue weighted by Gasteiger charge is -2.35. The molecule has 1 aromatic carbocycles. The van der Waals surface area contributed by atoms with E-state index in [9.17, 15) is 9.90 Å². The number of hydrogen-bond donors (Lipinski definition) is 1. The molecule has 1 saturated heterocycles. The van der Waals surface area contributed by atoms with E-state index in [1.807, 2.05) is 11.0 Å². The van der Waals surface area contributed by atoms with E-state index in [0.717, 1.165) is 45.4 Å². The zero-order chi connectivity index (χ0) is 14.8. The summed E-state index contributed by atoms with van der Waals surface area (Å²) in [5.41, 5.74) is 2.66. The SMILES string of the molecule is CC(=O)N1CCCN(C2CCCc3ccc(O)cc32)CC1. The molecule has 1 N–H and O–H groups in total. The molecule has 4 heteroatoms. The first-order valence-electron chi connectivity index (χ1n) is 7.96. The van der Waals surface area contributed by atoms with Gasteiger partial charge in [0.25, 0.3) is 0 Å². The molecule has 0 saturated carbocycles. The molecule has 1 heterocycles. The molecule has 2 aliphatic rings. The standard InChI is InChI=1S/C17H24N2O2/c1-13(20)18-8-3-9-19(11-10-18)17-5-2-4-14-6-7-15(21)12-16(14)17/h6-7,12,17,21H,2-5,8-11H2,1H3. The number of aryl methyl sites for hydroxylation is 1. The summed E-state index contributed by atoms with van der Waals surface area (Å²) in [4.78, 5) is 16.0. The van der Waals surface area contributed by atoms with Crippen LogP contribution in [0.25, 0.3) is 0 Å². The van der Waals surface area contributed by atoms with Crippen LogP contribution >= 0.6 is 0 Å². The second kappa shape index (κ2) is 6.06. The fraction of sp³-hybridized carbons (Fsp3) is 0.588. The van der Waals surface area contributed by atoms with Gasteiger partial charge in [-0.15, -0.1) is 0 Å². The van der Waals surface area contributed by atoms with Gasteiger partial charge in [0.05, 0.1) is 0 Å². The number of phenolic OH excluding ortho intramolecular Hbond substituents is 1. The molecule has 0 aromatic heterocycles. The average Bonchev–Trinajstić information content (AvgIpc) is 2.72. The average molecular weight is 288 g/mol. The maximum Gasteiger partial charge on any atom is 0.219 e. The molecule has 0 spiro atoms. The third kappa shape index (κ3) is 3.05. The predicted octanol–water partition coefficient (Wildman–Crippen LogP) is 2.32. The van der Waals surface area contributed by atoms with E-state index in [1.165, 1.54) is 17.5 Å². The molecule has 1 atom stereocenters. The number of rotatable bonds is 1. The molecule has 4 nitrogen and oxygen atoms in total. The smallest absolute Gasteiger partial charge is 0.219 e. The summed E-state index contributed by atoms with van der Waals surface area (Å²) in [6.07, 6.45) is 4.50. The minimum atomic E-state index is 0.179. The molecule has 0 radical (unpaired) electrons. The van der Waals surface area contributed by atoms with E-state index >= 15 is 0 Å². The Bertz CT molecular complexity index is 530. The van der Waals surface area contributed by atoms with Crippen molar-refractivity contribution < 1.29 is 9.90 Å². The van der Waals surface area contributed by atoms with E-state index in [0.29, 0.717) is 11.8 Å². The largest absolute Gasteiger partial charge is 0.508 e. The van der Waals surface area contributed by atoms with E-state index in [4.69, 9.17) is 0 Å². The first kappa shape index (κ1) is 14.4. The van der Waals surface area contributed by atoms with Gasteiger partial charge in [0.15, 0.2) is 0 Å². The molecule has 1 aromatic rings. The third-order valence-corrected chi connectivity index (χ3v) is 4.83. The zero-order valence-corrected chi connectivity index (χ0v) is 12.7. The van der Waals surface area contributed by atoms with Crippen molar-refractivity contribution in [2.24, 2.45) is 0 Å². The van der Waals surface area contributed by atoms with Gasteiger partial charge >= 0.3 is 0 Å². The minimum Gasteiger partial charge on any atom is -0.508 e. The maximum atomic E-state index is 11.6. The third-order valence-electron chi connectivity index (χ3n) is 4.83. The van der Waals surface area contributed by atoms with Crippen LogP contribution < -0.4 is 0 Å². The van der Waals surface area contributed by atoms with Gasteiger partial charge in [-0.05, 0) is 48.9 Å². The van der Waals surface area contributed by atoms with Crippen molar-refractivity contribution in [3.05, 3.63) is 29.3 Å². The summed E-state index contributed by atoms with van der Waals surface area (Å²) in [6.45, 7) is 5.30. The van der Waals surface area contributed by atoms with Crippen LogP contribution in [0.2, 0.25) is 0 Å². The second-order valence-electron chi connectivity index (χ2n) is 6.19. The van der Waals surface area contributed by atoms with Crippen molar-refractivity contribution >= 4 is 5.91 Å². The van der Waals surface area contributed by atoms with Gasteiger partial charge < -0.3 is 10.0 Å². The highest BCUT2D eigenvalue weighted by molar-refractivity contribution is 5.73. The number of phenols is 1. The van der Waals surface area contributed by atoms with Crippen LogP contribution in [0.15, 0.2) is 18.2 Å². The molecule has 114 valence electrons. The second-order valence-corrected chi connectivity index (χ2v) is 6.19. The Hall–Kier alpha value is -1.55. The summed E-state index contributed by atoms with van der Waals surface area (Å²) in [5, 5.41) is 9.80. The first-order valence-corrected chi connectivity index (χ1v) is 7.96. The topological polar surface area (TPSA) is 43.8 Å². The molecule has 1 unspecified atom stereocenters. The number of amides is 1. The van der Waals surface area contributed by atoms with Crippen LogP contribution in [0.3, 0.4) is 0 Å². The van der Waals surface area contributed by atoms with Crippen LogP contribution in [0.1, 0.15) is 43.4 Å². The molecular weight excluding hydrogens is 264 g/mol. The highest BCUT2D eigenvalue weighted by Gasteiger charge is 2.28. The van der Waals surface area contributed by atoms with Crippen molar-refractivity contribution in [3.63, 3.8) is 0 Å². The van der Waals surface area contributed by atoms with Crippen LogP contribution in [-0.2, 0) is 11.2 Å². The molecule has 1 aliphatic carbocycles. The van der Waals surface area contributed by atoms with Crippen LogP contribution in [0.5, 0.6) is 5.75 Å². The molecule has 0 bridgehead atoms. The monoisotopic (exact) mass is 288 g/mol. The lowest BCUT2D eigenvalue weighted by molar-refractivity contribution is -0.128. The highest BCUT2D eigenvalue weighted by Crippen LogP contribution is 2.36. The van der Waals surface area contributed by atoms with Gasteiger partial charge in [0, 0.05) is 39.1 Å². The summed E-state index contributed by atoms with van der Waals surface area (Å²) in [6, 6.07) is 6.19. The van der Waals surface area contributed by atoms with Crippen LogP contribution in [0, 0.1) is 0 Å². The summed E-state index contributed by atoms with van der Waals surface area (Å²) in [7, 11) is 0. The Morgan fingerprint density at radius 1 is 1.19 bits per heavy atom. The Labute approximate surface area is 126 Å². The number of hydrogen-bond acceptors (Lipinski definition) is 3. The number of carbonyl (C=O) groups is 1. The molecule has 21 heavy (non-hydrogen) atoms. The van der Waals surface area contributed by atoms with Crippen molar-refractivity contribution in [2.45, 2.75) is 38.6 Å². The quantitative estimate of drug-likeness (QED) is 0.862. The maximum absolute atomic E-state index is 11.6. The molecule has 1 aliphatic heterocycles. The number of aromatic hydroxyl groups is 1. The molecule has 1 amide bonds. The first-order chi connectivity index (χ1) is 10.1. The predicted molar refractivity (Wildman–Crippen MR) is 82.2 cm³/mol. The van der Waals surface area contributed by atoms with E-state index in [2.05, 4.69) is 11.0 Å². The van der Waals surface area contributed by atoms with Crippen LogP contribution in [-0.4, -0.2) is 47.0 Å². The van der Waals surface area contributed by atoms with Crippen molar-refractivity contribution in [2.75, 3.05) is 26.2 Å². The van der Waals surface area contributed by atoms with E-state index in [-0.39, 0.29) is 5.91 Å². The fourth-order valence-electron chi connectivity index (χ4n) is 3.70. The Balaban J connectivity index is 1.79. The normalized spacial score (nSPS) is 23.5. The molecule has 1 fully saturated rings. The number of carbonyl (C=O) groups excluding carboxylic acids is 1. The zero-order valence-electron chi connectivity index (χ0n) is 12.7. The lowest BCUT2D eigenvalue weighted by atomic mass is 9.86. The molecule has 3 rings (SSSR count). The van der Waals surface area contributed by atoms with Gasteiger partial charge in [0.2, 0.25) is 5.91 Å². The Kier molecular flexibility index (Phi) is 4.15. The van der Waals surface area contributed by atoms with Gasteiger partial charge in [-0.25, -0.2) is 0 Å². The fourth-order valence-corrected chi connectivity index (χ4v) is 3.70. The number of nitrogens with zero attached hydrogens (tertiary/aromatic N) is 2. The van der Waals surface area contributed by atoms with Crippen molar-refractivity contribution in [1.82, 2.24) is 9.80 Å². The van der Waals surface area contributed by atoms with Gasteiger partial charge in [0.1, 0.15) is 5.75 Å². The van der Waals surface area contributed by atoms with Gasteiger partial charge in [-0.2, -0.15) is 0 Å².